The maximum Gasteiger partial charge on any atom is 0.272 e. The van der Waals surface area contributed by atoms with E-state index in [1.165, 1.54) is 19.3 Å². The molecule has 3 heterocycles. The van der Waals surface area contributed by atoms with Gasteiger partial charge in [-0.25, -0.2) is 4.98 Å². The van der Waals surface area contributed by atoms with Crippen LogP contribution in [0, 0.1) is 0 Å². The van der Waals surface area contributed by atoms with Crippen molar-refractivity contribution in [2.75, 3.05) is 30.4 Å². The predicted octanol–water partition coefficient (Wildman–Crippen LogP) is 4.94. The molecule has 0 saturated carbocycles. The predicted molar refractivity (Wildman–Crippen MR) is 122 cm³/mol. The Hall–Kier alpha value is -2.64. The molecule has 0 aliphatic carbocycles. The van der Waals surface area contributed by atoms with Gasteiger partial charge in [-0.15, -0.1) is 11.3 Å². The van der Waals surface area contributed by atoms with Crippen LogP contribution in [0.4, 0.5) is 10.8 Å². The highest BCUT2D eigenvalue weighted by atomic mass is 32.1. The van der Waals surface area contributed by atoms with Crippen molar-refractivity contribution in [2.24, 2.45) is 0 Å². The zero-order chi connectivity index (χ0) is 20.9. The molecular weight excluding hydrogens is 396 g/mol. The number of carbonyl (C=O) groups excluding carboxylic acids is 1. The second-order valence-corrected chi connectivity index (χ2v) is 8.49. The van der Waals surface area contributed by atoms with Crippen LogP contribution in [0.25, 0.3) is 0 Å². The Bertz CT molecular complexity index is 976. The molecule has 2 aromatic heterocycles. The van der Waals surface area contributed by atoms with Gasteiger partial charge in [-0.2, -0.15) is 0 Å². The first-order valence-corrected chi connectivity index (χ1v) is 11.3. The average molecular weight is 425 g/mol. The van der Waals surface area contributed by atoms with Gasteiger partial charge >= 0.3 is 0 Å². The lowest BCUT2D eigenvalue weighted by molar-refractivity contribution is 0.101. The standard InChI is InChI=1S/C23H28N4O2S/c1-17(29-2)18-13-21(22(28)24-19-9-5-3-6-10-19)27(14-18)15-20-16-30-23(25-20)26-11-7-4-8-12-26/h3,5-6,9-10,13-14,16-17H,4,7-8,11-12,15H2,1-2H3,(H,24,28). The first kappa shape index (κ1) is 20.6. The molecule has 4 rings (SSSR count). The molecule has 0 bridgehead atoms. The summed E-state index contributed by atoms with van der Waals surface area (Å²) in [5.74, 6) is -0.137. The van der Waals surface area contributed by atoms with Crippen LogP contribution >= 0.6 is 11.3 Å². The minimum atomic E-state index is -0.137. The number of anilines is 2. The number of aromatic nitrogens is 2. The van der Waals surface area contributed by atoms with Gasteiger partial charge in [0.15, 0.2) is 5.13 Å². The normalized spacial score (nSPS) is 15.2. The number of benzene rings is 1. The Morgan fingerprint density at radius 3 is 2.73 bits per heavy atom. The number of amides is 1. The van der Waals surface area contributed by atoms with Crippen LogP contribution in [0.5, 0.6) is 0 Å². The lowest BCUT2D eigenvalue weighted by atomic mass is 10.1. The number of piperidine rings is 1. The minimum absolute atomic E-state index is 0.0890. The monoisotopic (exact) mass is 424 g/mol. The summed E-state index contributed by atoms with van der Waals surface area (Å²) in [5.41, 5.74) is 3.33. The molecule has 1 amide bonds. The smallest absolute Gasteiger partial charge is 0.272 e. The Morgan fingerprint density at radius 2 is 2.00 bits per heavy atom. The fraction of sp³-hybridized carbons (Fsp3) is 0.391. The van der Waals surface area contributed by atoms with Crippen molar-refractivity contribution in [2.45, 2.75) is 38.8 Å². The second kappa shape index (κ2) is 9.45. The summed E-state index contributed by atoms with van der Waals surface area (Å²) in [6.07, 6.45) is 5.67. The highest BCUT2D eigenvalue weighted by Crippen LogP contribution is 2.26. The fourth-order valence-electron chi connectivity index (χ4n) is 3.70. The van der Waals surface area contributed by atoms with Gasteiger partial charge in [0.1, 0.15) is 5.69 Å². The molecule has 30 heavy (non-hydrogen) atoms. The molecule has 1 fully saturated rings. The molecule has 1 aliphatic rings. The van der Waals surface area contributed by atoms with Gasteiger partial charge in [-0.1, -0.05) is 18.2 Å². The number of nitrogens with one attached hydrogen (secondary N) is 1. The summed E-state index contributed by atoms with van der Waals surface area (Å²) >= 11 is 1.69. The van der Waals surface area contributed by atoms with Crippen molar-refractivity contribution in [3.63, 3.8) is 0 Å². The van der Waals surface area contributed by atoms with Gasteiger partial charge in [-0.3, -0.25) is 4.79 Å². The van der Waals surface area contributed by atoms with Gasteiger partial charge in [0, 0.05) is 37.5 Å². The first-order valence-electron chi connectivity index (χ1n) is 10.4. The van der Waals surface area contributed by atoms with E-state index in [0.29, 0.717) is 12.2 Å². The largest absolute Gasteiger partial charge is 0.377 e. The number of thiazole rings is 1. The van der Waals surface area contributed by atoms with E-state index in [2.05, 4.69) is 15.6 Å². The molecule has 7 heteroatoms. The summed E-state index contributed by atoms with van der Waals surface area (Å²) in [7, 11) is 1.68. The number of carbonyl (C=O) groups is 1. The third-order valence-electron chi connectivity index (χ3n) is 5.50. The maximum absolute atomic E-state index is 13.0. The molecule has 1 atom stereocenters. The molecule has 1 saturated heterocycles. The van der Waals surface area contributed by atoms with Crippen molar-refractivity contribution in [1.29, 1.82) is 0 Å². The van der Waals surface area contributed by atoms with E-state index in [9.17, 15) is 4.79 Å². The van der Waals surface area contributed by atoms with E-state index in [4.69, 9.17) is 9.72 Å². The average Bonchev–Trinajstić information content (AvgIpc) is 3.42. The summed E-state index contributed by atoms with van der Waals surface area (Å²) in [6, 6.07) is 11.4. The molecule has 0 spiro atoms. The quantitative estimate of drug-likeness (QED) is 0.583. The van der Waals surface area contributed by atoms with Crippen molar-refractivity contribution in [1.82, 2.24) is 9.55 Å². The van der Waals surface area contributed by atoms with Gasteiger partial charge in [-0.05, 0) is 49.9 Å². The zero-order valence-corrected chi connectivity index (χ0v) is 18.3. The molecule has 1 N–H and O–H groups in total. The number of nitrogens with zero attached hydrogens (tertiary/aromatic N) is 3. The van der Waals surface area contributed by atoms with Crippen LogP contribution in [-0.2, 0) is 11.3 Å². The molecule has 3 aromatic rings. The molecule has 0 radical (unpaired) electrons. The van der Waals surface area contributed by atoms with Gasteiger partial charge in [0.2, 0.25) is 0 Å². The van der Waals surface area contributed by atoms with Crippen molar-refractivity contribution >= 4 is 28.1 Å². The van der Waals surface area contributed by atoms with Crippen LogP contribution in [0.15, 0.2) is 48.0 Å². The Balaban J connectivity index is 1.56. The van der Waals surface area contributed by atoms with Crippen molar-refractivity contribution < 1.29 is 9.53 Å². The lowest BCUT2D eigenvalue weighted by Gasteiger charge is -2.25. The SMILES string of the molecule is COC(C)c1cc(C(=O)Nc2ccccc2)n(Cc2csc(N3CCCCC3)n2)c1. The highest BCUT2D eigenvalue weighted by Gasteiger charge is 2.19. The number of hydrogen-bond acceptors (Lipinski definition) is 5. The third kappa shape index (κ3) is 4.74. The van der Waals surface area contributed by atoms with Crippen LogP contribution in [0.1, 0.15) is 54.0 Å². The van der Waals surface area contributed by atoms with Crippen LogP contribution in [0.3, 0.4) is 0 Å². The zero-order valence-electron chi connectivity index (χ0n) is 17.5. The summed E-state index contributed by atoms with van der Waals surface area (Å²) in [4.78, 5) is 20.2. The Kier molecular flexibility index (Phi) is 6.50. The van der Waals surface area contributed by atoms with E-state index >= 15 is 0 Å². The highest BCUT2D eigenvalue weighted by molar-refractivity contribution is 7.13. The molecule has 1 aliphatic heterocycles. The molecule has 158 valence electrons. The van der Waals surface area contributed by atoms with Crippen molar-refractivity contribution in [3.05, 3.63) is 64.9 Å². The van der Waals surface area contributed by atoms with E-state index in [1.54, 1.807) is 18.4 Å². The summed E-state index contributed by atoms with van der Waals surface area (Å²) in [6.45, 7) is 4.70. The third-order valence-corrected chi connectivity index (χ3v) is 6.45. The topological polar surface area (TPSA) is 59.4 Å². The number of para-hydroxylation sites is 1. The first-order chi connectivity index (χ1) is 14.6. The molecule has 6 nitrogen and oxygen atoms in total. The lowest BCUT2D eigenvalue weighted by Crippen LogP contribution is -2.29. The van der Waals surface area contributed by atoms with E-state index in [-0.39, 0.29) is 12.0 Å². The van der Waals surface area contributed by atoms with Crippen LogP contribution in [0.2, 0.25) is 0 Å². The molecule has 1 unspecified atom stereocenters. The fourth-order valence-corrected chi connectivity index (χ4v) is 4.57. The maximum atomic E-state index is 13.0. The Labute approximate surface area is 181 Å². The van der Waals surface area contributed by atoms with E-state index in [1.807, 2.05) is 54.1 Å². The summed E-state index contributed by atoms with van der Waals surface area (Å²) in [5, 5.41) is 6.17. The van der Waals surface area contributed by atoms with Crippen LogP contribution in [-0.4, -0.2) is 35.7 Å². The molecule has 1 aromatic carbocycles. The van der Waals surface area contributed by atoms with Gasteiger partial charge < -0.3 is 19.5 Å². The number of ether oxygens (including phenoxy) is 1. The minimum Gasteiger partial charge on any atom is -0.377 e. The number of hydrogen-bond donors (Lipinski definition) is 1. The van der Waals surface area contributed by atoms with Crippen LogP contribution < -0.4 is 10.2 Å². The van der Waals surface area contributed by atoms with E-state index in [0.717, 1.165) is 35.2 Å². The van der Waals surface area contributed by atoms with Gasteiger partial charge in [0.25, 0.3) is 5.91 Å². The number of rotatable bonds is 7. The molecular formula is C23H28N4O2S. The second-order valence-electron chi connectivity index (χ2n) is 7.65. The Morgan fingerprint density at radius 1 is 1.23 bits per heavy atom. The van der Waals surface area contributed by atoms with E-state index < -0.39 is 0 Å². The summed E-state index contributed by atoms with van der Waals surface area (Å²) < 4.78 is 7.44. The van der Waals surface area contributed by atoms with Crippen molar-refractivity contribution in [3.8, 4) is 0 Å². The number of methoxy groups -OCH3 is 1. The van der Waals surface area contributed by atoms with Gasteiger partial charge in [0.05, 0.1) is 18.3 Å².